The maximum absolute atomic E-state index is 13.4. The van der Waals surface area contributed by atoms with E-state index in [4.69, 9.17) is 0 Å². The number of nitrogens with zero attached hydrogens (tertiary/aromatic N) is 3. The molecular weight excluding hydrogens is 425 g/mol. The van der Waals surface area contributed by atoms with Crippen molar-refractivity contribution in [1.82, 2.24) is 19.8 Å². The molecule has 2 N–H and O–H groups in total. The van der Waals surface area contributed by atoms with Gasteiger partial charge in [-0.25, -0.2) is 9.37 Å². The molecule has 0 fully saturated rings. The summed E-state index contributed by atoms with van der Waals surface area (Å²) < 4.78 is 14.7. The summed E-state index contributed by atoms with van der Waals surface area (Å²) in [5.41, 5.74) is 2.41. The lowest BCUT2D eigenvalue weighted by Crippen LogP contribution is -2.39. The number of anilines is 1. The first kappa shape index (κ1) is 22.3. The van der Waals surface area contributed by atoms with Crippen LogP contribution in [0.4, 0.5) is 10.2 Å². The third-order valence-corrected chi connectivity index (χ3v) is 5.75. The Morgan fingerprint density at radius 3 is 2.33 bits per heavy atom. The second-order valence-corrected chi connectivity index (χ2v) is 7.91. The molecule has 1 aliphatic heterocycles. The summed E-state index contributed by atoms with van der Waals surface area (Å²) in [4.78, 5) is 44.5. The van der Waals surface area contributed by atoms with E-state index in [1.54, 1.807) is 18.9 Å². The van der Waals surface area contributed by atoms with Crippen LogP contribution in [0.15, 0.2) is 59.5 Å². The molecular formula is C24H24FN5O3. The van der Waals surface area contributed by atoms with Crippen LogP contribution in [0.5, 0.6) is 0 Å². The Kier molecular flexibility index (Phi) is 6.32. The van der Waals surface area contributed by atoms with E-state index in [9.17, 15) is 18.8 Å². The van der Waals surface area contributed by atoms with E-state index in [1.165, 1.54) is 35.0 Å². The smallest absolute Gasteiger partial charge is 0.294 e. The van der Waals surface area contributed by atoms with Crippen LogP contribution in [-0.4, -0.2) is 39.4 Å². The molecule has 1 aromatic heterocycles. The van der Waals surface area contributed by atoms with Crippen molar-refractivity contribution in [2.24, 2.45) is 0 Å². The van der Waals surface area contributed by atoms with E-state index in [0.29, 0.717) is 24.3 Å². The van der Waals surface area contributed by atoms with Gasteiger partial charge < -0.3 is 15.5 Å². The van der Waals surface area contributed by atoms with Gasteiger partial charge in [-0.1, -0.05) is 24.3 Å². The fraction of sp³-hybridized carbons (Fsp3) is 0.250. The van der Waals surface area contributed by atoms with E-state index < -0.39 is 23.3 Å². The molecule has 9 heteroatoms. The number of carbonyl (C=O) groups is 2. The van der Waals surface area contributed by atoms with Gasteiger partial charge in [-0.3, -0.25) is 19.0 Å². The standard InChI is InChI=1S/C24H24FN5O3/c1-15(26-2)23(32)28-22-24(33)30(20(11-27-22)16-7-9-19(25)10-8-16)14-21(31)29-12-17-5-3-4-6-18(17)13-29/h3-11,15,26H,12-14H2,1-2H3,(H,27,28,32)/t15-/m0/s1. The zero-order valence-corrected chi connectivity index (χ0v) is 18.3. The predicted molar refractivity (Wildman–Crippen MR) is 122 cm³/mol. The van der Waals surface area contributed by atoms with Crippen molar-refractivity contribution in [3.63, 3.8) is 0 Å². The number of halogens is 1. The number of rotatable bonds is 6. The maximum Gasteiger partial charge on any atom is 0.294 e. The summed E-state index contributed by atoms with van der Waals surface area (Å²) in [6, 6.07) is 12.8. The number of nitrogens with one attached hydrogen (secondary N) is 2. The Morgan fingerprint density at radius 2 is 1.73 bits per heavy atom. The lowest BCUT2D eigenvalue weighted by molar-refractivity contribution is -0.132. The van der Waals surface area contributed by atoms with Crippen LogP contribution in [-0.2, 0) is 29.2 Å². The SMILES string of the molecule is CN[C@@H](C)C(=O)Nc1ncc(-c2ccc(F)cc2)n(CC(=O)N2Cc3ccccc3C2)c1=O. The van der Waals surface area contributed by atoms with Crippen LogP contribution in [0.25, 0.3) is 11.3 Å². The largest absolute Gasteiger partial charge is 0.332 e. The maximum atomic E-state index is 13.4. The first-order valence-corrected chi connectivity index (χ1v) is 10.6. The van der Waals surface area contributed by atoms with Crippen molar-refractivity contribution >= 4 is 17.6 Å². The molecule has 4 rings (SSSR count). The van der Waals surface area contributed by atoms with Crippen molar-refractivity contribution in [3.05, 3.63) is 82.0 Å². The third kappa shape index (κ3) is 4.68. The van der Waals surface area contributed by atoms with Gasteiger partial charge in [0.1, 0.15) is 12.4 Å². The quantitative estimate of drug-likeness (QED) is 0.601. The highest BCUT2D eigenvalue weighted by Crippen LogP contribution is 2.23. The van der Waals surface area contributed by atoms with Gasteiger partial charge in [-0.2, -0.15) is 0 Å². The predicted octanol–water partition coefficient (Wildman–Crippen LogP) is 2.14. The summed E-state index contributed by atoms with van der Waals surface area (Å²) in [6.07, 6.45) is 1.40. The average Bonchev–Trinajstić information content (AvgIpc) is 3.26. The molecule has 0 spiro atoms. The molecule has 0 saturated carbocycles. The van der Waals surface area contributed by atoms with E-state index in [0.717, 1.165) is 11.1 Å². The number of fused-ring (bicyclic) bond motifs is 1. The van der Waals surface area contributed by atoms with Gasteiger partial charge in [-0.15, -0.1) is 0 Å². The molecule has 0 radical (unpaired) electrons. The Labute approximate surface area is 190 Å². The van der Waals surface area contributed by atoms with Gasteiger partial charge in [0.2, 0.25) is 11.8 Å². The highest BCUT2D eigenvalue weighted by Gasteiger charge is 2.25. The minimum Gasteiger partial charge on any atom is -0.332 e. The van der Waals surface area contributed by atoms with Crippen LogP contribution in [0, 0.1) is 5.82 Å². The number of hydrogen-bond donors (Lipinski definition) is 2. The molecule has 0 unspecified atom stereocenters. The normalized spacial score (nSPS) is 13.5. The Balaban J connectivity index is 1.68. The van der Waals surface area contributed by atoms with Crippen molar-refractivity contribution in [1.29, 1.82) is 0 Å². The third-order valence-electron chi connectivity index (χ3n) is 5.75. The molecule has 8 nitrogen and oxygen atoms in total. The molecule has 2 amide bonds. The fourth-order valence-corrected chi connectivity index (χ4v) is 3.68. The highest BCUT2D eigenvalue weighted by atomic mass is 19.1. The molecule has 3 aromatic rings. The Hall–Kier alpha value is -3.85. The lowest BCUT2D eigenvalue weighted by Gasteiger charge is -2.19. The molecule has 0 aliphatic carbocycles. The minimum absolute atomic E-state index is 0.175. The van der Waals surface area contributed by atoms with E-state index in [-0.39, 0.29) is 18.3 Å². The molecule has 0 saturated heterocycles. The zero-order chi connectivity index (χ0) is 23.5. The number of carbonyl (C=O) groups excluding carboxylic acids is 2. The Morgan fingerprint density at radius 1 is 1.09 bits per heavy atom. The highest BCUT2D eigenvalue weighted by molar-refractivity contribution is 5.93. The molecule has 2 heterocycles. The number of benzene rings is 2. The summed E-state index contributed by atoms with van der Waals surface area (Å²) >= 11 is 0. The van der Waals surface area contributed by atoms with E-state index >= 15 is 0 Å². The van der Waals surface area contributed by atoms with Crippen LogP contribution in [0.2, 0.25) is 0 Å². The van der Waals surface area contributed by atoms with E-state index in [1.807, 2.05) is 24.3 Å². The van der Waals surface area contributed by atoms with Gasteiger partial charge in [0.25, 0.3) is 5.56 Å². The number of likely N-dealkylation sites (N-methyl/N-ethyl adjacent to an activating group) is 1. The van der Waals surface area contributed by atoms with Crippen molar-refractivity contribution in [2.45, 2.75) is 32.6 Å². The lowest BCUT2D eigenvalue weighted by atomic mass is 10.1. The van der Waals surface area contributed by atoms with Crippen LogP contribution in [0.3, 0.4) is 0 Å². The average molecular weight is 449 g/mol. The van der Waals surface area contributed by atoms with E-state index in [2.05, 4.69) is 15.6 Å². The summed E-state index contributed by atoms with van der Waals surface area (Å²) in [6.45, 7) is 2.33. The van der Waals surface area contributed by atoms with Gasteiger partial charge in [-0.05, 0) is 49.4 Å². The molecule has 1 aliphatic rings. The topological polar surface area (TPSA) is 96.3 Å². The second-order valence-electron chi connectivity index (χ2n) is 7.91. The zero-order valence-electron chi connectivity index (χ0n) is 18.3. The molecule has 1 atom stereocenters. The summed E-state index contributed by atoms with van der Waals surface area (Å²) in [5.74, 6) is -1.27. The number of hydrogen-bond acceptors (Lipinski definition) is 5. The Bertz CT molecular complexity index is 1230. The van der Waals surface area contributed by atoms with Crippen molar-refractivity contribution in [3.8, 4) is 11.3 Å². The molecule has 33 heavy (non-hydrogen) atoms. The molecule has 0 bridgehead atoms. The first-order chi connectivity index (χ1) is 15.9. The van der Waals surface area contributed by atoms with Gasteiger partial charge in [0.05, 0.1) is 17.9 Å². The monoisotopic (exact) mass is 449 g/mol. The first-order valence-electron chi connectivity index (χ1n) is 10.6. The van der Waals surface area contributed by atoms with Crippen LogP contribution < -0.4 is 16.2 Å². The van der Waals surface area contributed by atoms with Crippen LogP contribution >= 0.6 is 0 Å². The molecule has 2 aromatic carbocycles. The fourth-order valence-electron chi connectivity index (χ4n) is 3.68. The van der Waals surface area contributed by atoms with Crippen molar-refractivity contribution in [2.75, 3.05) is 12.4 Å². The van der Waals surface area contributed by atoms with Gasteiger partial charge in [0.15, 0.2) is 5.82 Å². The number of aromatic nitrogens is 2. The van der Waals surface area contributed by atoms with Gasteiger partial charge >= 0.3 is 0 Å². The van der Waals surface area contributed by atoms with Gasteiger partial charge in [0, 0.05) is 18.7 Å². The summed E-state index contributed by atoms with van der Waals surface area (Å²) in [7, 11) is 1.63. The number of amides is 2. The minimum atomic E-state index is -0.612. The second kappa shape index (κ2) is 9.33. The van der Waals surface area contributed by atoms with Crippen molar-refractivity contribution < 1.29 is 14.0 Å². The molecule has 170 valence electrons. The summed E-state index contributed by atoms with van der Waals surface area (Å²) in [5, 5.41) is 5.31. The van der Waals surface area contributed by atoms with Crippen LogP contribution in [0.1, 0.15) is 18.1 Å².